The standard InChI is InChI=1S/C21H20ClNO2/c22-21-13-19(10-11-20(21)17-6-2-1-3-7-17)25-15-18(24)9-8-16-5-4-12-23-14-16/h1-7,10-14,18,24H,8-9,15H2. The van der Waals surface area contributed by atoms with Crippen LogP contribution in [0.1, 0.15) is 12.0 Å². The second-order valence-corrected chi connectivity index (χ2v) is 6.28. The van der Waals surface area contributed by atoms with Gasteiger partial charge in [0.05, 0.1) is 11.1 Å². The van der Waals surface area contributed by atoms with Crippen LogP contribution in [0.4, 0.5) is 0 Å². The lowest BCUT2D eigenvalue weighted by Crippen LogP contribution is -2.18. The molecule has 0 radical (unpaired) electrons. The number of hydrogen-bond donors (Lipinski definition) is 1. The molecule has 0 saturated carbocycles. The van der Waals surface area contributed by atoms with Gasteiger partial charge in [0, 0.05) is 18.0 Å². The van der Waals surface area contributed by atoms with E-state index in [1.165, 1.54) is 0 Å². The summed E-state index contributed by atoms with van der Waals surface area (Å²) in [6.45, 7) is 0.237. The summed E-state index contributed by atoms with van der Waals surface area (Å²) in [5, 5.41) is 10.7. The molecule has 1 atom stereocenters. The maximum Gasteiger partial charge on any atom is 0.120 e. The molecule has 1 unspecified atom stereocenters. The second kappa shape index (κ2) is 8.65. The first-order valence-corrected chi connectivity index (χ1v) is 8.65. The quantitative estimate of drug-likeness (QED) is 0.665. The van der Waals surface area contributed by atoms with E-state index >= 15 is 0 Å². The van der Waals surface area contributed by atoms with E-state index in [0.29, 0.717) is 17.2 Å². The Labute approximate surface area is 152 Å². The predicted molar refractivity (Wildman–Crippen MR) is 101 cm³/mol. The molecule has 3 nitrogen and oxygen atoms in total. The summed E-state index contributed by atoms with van der Waals surface area (Å²) in [6.07, 6.45) is 4.42. The lowest BCUT2D eigenvalue weighted by molar-refractivity contribution is 0.100. The Hall–Kier alpha value is -2.36. The van der Waals surface area contributed by atoms with Gasteiger partial charge in [-0.2, -0.15) is 0 Å². The molecule has 2 aromatic carbocycles. The summed E-state index contributed by atoms with van der Waals surface area (Å²) in [4.78, 5) is 4.07. The Balaban J connectivity index is 1.54. The third kappa shape index (κ3) is 5.05. The van der Waals surface area contributed by atoms with Crippen LogP contribution >= 0.6 is 11.6 Å². The molecule has 0 aliphatic heterocycles. The first-order chi connectivity index (χ1) is 12.2. The second-order valence-electron chi connectivity index (χ2n) is 5.87. The smallest absolute Gasteiger partial charge is 0.120 e. The summed E-state index contributed by atoms with van der Waals surface area (Å²) in [5.74, 6) is 0.658. The number of pyridine rings is 1. The molecule has 0 aliphatic rings. The largest absolute Gasteiger partial charge is 0.491 e. The molecular formula is C21H20ClNO2. The van der Waals surface area contributed by atoms with Crippen molar-refractivity contribution in [1.82, 2.24) is 4.98 Å². The van der Waals surface area contributed by atoms with Gasteiger partial charge in [-0.1, -0.05) is 48.0 Å². The van der Waals surface area contributed by atoms with Crippen molar-refractivity contribution < 1.29 is 9.84 Å². The third-order valence-electron chi connectivity index (χ3n) is 3.96. The van der Waals surface area contributed by atoms with E-state index in [9.17, 15) is 5.11 Å². The van der Waals surface area contributed by atoms with Crippen LogP contribution in [0.5, 0.6) is 5.75 Å². The lowest BCUT2D eigenvalue weighted by Gasteiger charge is -2.13. The predicted octanol–water partition coefficient (Wildman–Crippen LogP) is 4.77. The molecule has 1 heterocycles. The zero-order chi connectivity index (χ0) is 17.5. The van der Waals surface area contributed by atoms with Crippen LogP contribution in [-0.4, -0.2) is 22.8 Å². The van der Waals surface area contributed by atoms with Crippen LogP contribution in [0, 0.1) is 0 Å². The monoisotopic (exact) mass is 353 g/mol. The van der Waals surface area contributed by atoms with Crippen molar-refractivity contribution in [3.8, 4) is 16.9 Å². The fourth-order valence-corrected chi connectivity index (χ4v) is 2.87. The first-order valence-electron chi connectivity index (χ1n) is 8.27. The average molecular weight is 354 g/mol. The van der Waals surface area contributed by atoms with E-state index in [0.717, 1.165) is 23.1 Å². The maximum absolute atomic E-state index is 10.1. The van der Waals surface area contributed by atoms with Gasteiger partial charge in [-0.25, -0.2) is 0 Å². The van der Waals surface area contributed by atoms with Crippen LogP contribution < -0.4 is 4.74 Å². The van der Waals surface area contributed by atoms with E-state index in [4.69, 9.17) is 16.3 Å². The number of aliphatic hydroxyl groups is 1. The van der Waals surface area contributed by atoms with E-state index in [1.807, 2.05) is 60.8 Å². The molecule has 0 spiro atoms. The molecule has 3 rings (SSSR count). The lowest BCUT2D eigenvalue weighted by atomic mass is 10.1. The molecule has 0 aliphatic carbocycles. The number of ether oxygens (including phenoxy) is 1. The molecule has 0 fully saturated rings. The number of benzene rings is 2. The highest BCUT2D eigenvalue weighted by molar-refractivity contribution is 6.33. The molecule has 25 heavy (non-hydrogen) atoms. The average Bonchev–Trinajstić information content (AvgIpc) is 2.66. The summed E-state index contributed by atoms with van der Waals surface area (Å²) in [6, 6.07) is 19.5. The van der Waals surface area contributed by atoms with Gasteiger partial charge in [0.15, 0.2) is 0 Å². The van der Waals surface area contributed by atoms with Gasteiger partial charge in [0.1, 0.15) is 12.4 Å². The minimum absolute atomic E-state index is 0.237. The molecule has 3 aromatic rings. The van der Waals surface area contributed by atoms with Crippen molar-refractivity contribution in [3.63, 3.8) is 0 Å². The Bertz CT molecular complexity index is 794. The van der Waals surface area contributed by atoms with Gasteiger partial charge in [-0.05, 0) is 48.2 Å². The number of nitrogens with zero attached hydrogens (tertiary/aromatic N) is 1. The van der Waals surface area contributed by atoms with Gasteiger partial charge in [-0.15, -0.1) is 0 Å². The van der Waals surface area contributed by atoms with Crippen molar-refractivity contribution >= 4 is 11.6 Å². The Kier molecular flexibility index (Phi) is 6.04. The molecule has 128 valence electrons. The minimum atomic E-state index is -0.534. The van der Waals surface area contributed by atoms with E-state index in [2.05, 4.69) is 4.98 Å². The van der Waals surface area contributed by atoms with Crippen LogP contribution in [0.3, 0.4) is 0 Å². The molecule has 0 saturated heterocycles. The molecule has 0 amide bonds. The molecule has 0 bridgehead atoms. The Morgan fingerprint density at radius 3 is 2.60 bits per heavy atom. The van der Waals surface area contributed by atoms with Crippen LogP contribution in [-0.2, 0) is 6.42 Å². The molecular weight excluding hydrogens is 334 g/mol. The van der Waals surface area contributed by atoms with Crippen molar-refractivity contribution in [3.05, 3.63) is 83.6 Å². The van der Waals surface area contributed by atoms with Crippen LogP contribution in [0.15, 0.2) is 73.1 Å². The summed E-state index contributed by atoms with van der Waals surface area (Å²) >= 11 is 6.37. The maximum atomic E-state index is 10.1. The van der Waals surface area contributed by atoms with E-state index in [1.54, 1.807) is 12.3 Å². The zero-order valence-electron chi connectivity index (χ0n) is 13.8. The molecule has 4 heteroatoms. The summed E-state index contributed by atoms with van der Waals surface area (Å²) in [7, 11) is 0. The van der Waals surface area contributed by atoms with E-state index < -0.39 is 6.10 Å². The van der Waals surface area contributed by atoms with Crippen LogP contribution in [0.2, 0.25) is 5.02 Å². The fraction of sp³-hybridized carbons (Fsp3) is 0.190. The number of aliphatic hydroxyl groups excluding tert-OH is 1. The minimum Gasteiger partial charge on any atom is -0.491 e. The van der Waals surface area contributed by atoms with Crippen molar-refractivity contribution in [2.45, 2.75) is 18.9 Å². The van der Waals surface area contributed by atoms with Crippen molar-refractivity contribution in [1.29, 1.82) is 0 Å². The van der Waals surface area contributed by atoms with Gasteiger partial charge >= 0.3 is 0 Å². The van der Waals surface area contributed by atoms with Gasteiger partial charge < -0.3 is 9.84 Å². The first kappa shape index (κ1) is 17.5. The summed E-state index contributed by atoms with van der Waals surface area (Å²) in [5.41, 5.74) is 3.14. The van der Waals surface area contributed by atoms with E-state index in [-0.39, 0.29) is 6.61 Å². The highest BCUT2D eigenvalue weighted by Gasteiger charge is 2.08. The highest BCUT2D eigenvalue weighted by atomic mass is 35.5. The Morgan fingerprint density at radius 2 is 1.88 bits per heavy atom. The SMILES string of the molecule is OC(CCc1cccnc1)COc1ccc(-c2ccccc2)c(Cl)c1. The zero-order valence-corrected chi connectivity index (χ0v) is 14.6. The fourth-order valence-electron chi connectivity index (χ4n) is 2.59. The van der Waals surface area contributed by atoms with Gasteiger partial charge in [0.2, 0.25) is 0 Å². The number of rotatable bonds is 7. The van der Waals surface area contributed by atoms with Gasteiger partial charge in [-0.3, -0.25) is 4.98 Å². The van der Waals surface area contributed by atoms with Gasteiger partial charge in [0.25, 0.3) is 0 Å². The highest BCUT2D eigenvalue weighted by Crippen LogP contribution is 2.31. The number of aryl methyl sites for hydroxylation is 1. The number of hydrogen-bond acceptors (Lipinski definition) is 3. The molecule has 1 aromatic heterocycles. The third-order valence-corrected chi connectivity index (χ3v) is 4.27. The molecule has 1 N–H and O–H groups in total. The number of halogens is 1. The topological polar surface area (TPSA) is 42.4 Å². The summed E-state index contributed by atoms with van der Waals surface area (Å²) < 4.78 is 5.68. The van der Waals surface area contributed by atoms with Crippen molar-refractivity contribution in [2.75, 3.05) is 6.61 Å². The van der Waals surface area contributed by atoms with Crippen LogP contribution in [0.25, 0.3) is 11.1 Å². The normalized spacial score (nSPS) is 11.9. The number of aromatic nitrogens is 1. The Morgan fingerprint density at radius 1 is 1.04 bits per heavy atom. The van der Waals surface area contributed by atoms with Crippen molar-refractivity contribution in [2.24, 2.45) is 0 Å².